The number of esters is 1. The normalized spacial score (nSPS) is 21.4. The summed E-state index contributed by atoms with van der Waals surface area (Å²) >= 11 is 2.36. The molecular weight excluding hydrogens is 406 g/mol. The molecule has 132 valence electrons. The molecule has 0 unspecified atom stereocenters. The summed E-state index contributed by atoms with van der Waals surface area (Å²) in [7, 11) is 0. The third-order valence-corrected chi connectivity index (χ3v) is 4.83. The van der Waals surface area contributed by atoms with Gasteiger partial charge in [-0.2, -0.15) is 8.78 Å². The molecule has 9 heteroatoms. The van der Waals surface area contributed by atoms with Gasteiger partial charge in [-0.3, -0.25) is 4.79 Å². The summed E-state index contributed by atoms with van der Waals surface area (Å²) in [5, 5.41) is 0. The van der Waals surface area contributed by atoms with E-state index in [9.17, 15) is 31.1 Å². The quantitative estimate of drug-likeness (QED) is 0.295. The molecule has 2 nitrogen and oxygen atoms in total. The number of benzene rings is 1. The Balaban J connectivity index is 2.16. The van der Waals surface area contributed by atoms with Crippen molar-refractivity contribution < 1.29 is 35.9 Å². The third kappa shape index (κ3) is 3.18. The Morgan fingerprint density at radius 3 is 2.08 bits per heavy atom. The van der Waals surface area contributed by atoms with Crippen LogP contribution in [0.1, 0.15) is 19.4 Å². The molecule has 0 N–H and O–H groups in total. The zero-order valence-corrected chi connectivity index (χ0v) is 14.0. The Bertz CT molecular complexity index is 698. The lowest BCUT2D eigenvalue weighted by molar-refractivity contribution is -0.147. The van der Waals surface area contributed by atoms with E-state index in [1.54, 1.807) is 13.8 Å². The van der Waals surface area contributed by atoms with Gasteiger partial charge in [0.25, 0.3) is 6.08 Å². The number of hydrogen-bond donors (Lipinski definition) is 0. The van der Waals surface area contributed by atoms with Gasteiger partial charge < -0.3 is 4.74 Å². The zero-order valence-electron chi connectivity index (χ0n) is 12.4. The minimum absolute atomic E-state index is 0.603. The van der Waals surface area contributed by atoms with Gasteiger partial charge in [-0.15, -0.1) is 0 Å². The van der Waals surface area contributed by atoms with Crippen LogP contribution in [-0.4, -0.2) is 5.97 Å². The average Bonchev–Trinajstić information content (AvgIpc) is 3.02. The summed E-state index contributed by atoms with van der Waals surface area (Å²) in [4.78, 5) is 11.9. The Morgan fingerprint density at radius 1 is 1.12 bits per heavy atom. The first-order chi connectivity index (χ1) is 11.0. The molecular formula is C15H11BrF6O2. The number of allylic oxidation sites excluding steroid dienone is 1. The maximum absolute atomic E-state index is 13.7. The topological polar surface area (TPSA) is 26.3 Å². The minimum atomic E-state index is -1.96. The van der Waals surface area contributed by atoms with E-state index in [1.165, 1.54) is 0 Å². The first kappa shape index (κ1) is 18.8. The fourth-order valence-electron chi connectivity index (χ4n) is 2.58. The summed E-state index contributed by atoms with van der Waals surface area (Å²) in [6.45, 7) is 2.03. The maximum atomic E-state index is 13.7. The van der Waals surface area contributed by atoms with Crippen molar-refractivity contribution in [1.29, 1.82) is 0 Å². The van der Waals surface area contributed by atoms with Crippen molar-refractivity contribution >= 4 is 21.9 Å². The highest BCUT2D eigenvalue weighted by Gasteiger charge is 2.62. The van der Waals surface area contributed by atoms with Gasteiger partial charge in [0, 0.05) is 5.92 Å². The van der Waals surface area contributed by atoms with Crippen LogP contribution in [0.2, 0.25) is 0 Å². The highest BCUT2D eigenvalue weighted by molar-refractivity contribution is 9.10. The summed E-state index contributed by atoms with van der Waals surface area (Å²) in [6.07, 6.45) is -1.36. The lowest BCUT2D eigenvalue weighted by Crippen LogP contribution is -2.13. The van der Waals surface area contributed by atoms with Crippen LogP contribution < -0.4 is 0 Å². The van der Waals surface area contributed by atoms with Crippen LogP contribution in [0.15, 0.2) is 16.6 Å². The van der Waals surface area contributed by atoms with E-state index in [0.717, 1.165) is 0 Å². The average molecular weight is 417 g/mol. The second-order valence-corrected chi connectivity index (χ2v) is 6.73. The minimum Gasteiger partial charge on any atom is -0.460 e. The molecule has 0 bridgehead atoms. The molecule has 0 aliphatic heterocycles. The molecule has 0 amide bonds. The molecule has 0 heterocycles. The monoisotopic (exact) mass is 416 g/mol. The zero-order chi connectivity index (χ0) is 18.4. The van der Waals surface area contributed by atoms with E-state index in [2.05, 4.69) is 20.7 Å². The molecule has 0 spiro atoms. The van der Waals surface area contributed by atoms with Gasteiger partial charge >= 0.3 is 5.97 Å². The van der Waals surface area contributed by atoms with Crippen molar-refractivity contribution in [3.8, 4) is 0 Å². The van der Waals surface area contributed by atoms with E-state index in [1.807, 2.05) is 0 Å². The van der Waals surface area contributed by atoms with E-state index >= 15 is 0 Å². The maximum Gasteiger partial charge on any atom is 0.310 e. The number of carbonyl (C=O) groups excluding carboxylic acids is 1. The molecule has 0 aromatic heterocycles. The van der Waals surface area contributed by atoms with Crippen molar-refractivity contribution in [1.82, 2.24) is 0 Å². The molecule has 1 aliphatic carbocycles. The second-order valence-electron chi connectivity index (χ2n) is 5.94. The third-order valence-electron chi connectivity index (χ3n) is 4.13. The summed E-state index contributed by atoms with van der Waals surface area (Å²) in [6, 6.07) is 0. The predicted octanol–water partition coefficient (Wildman–Crippen LogP) is 5.10. The molecule has 2 atom stereocenters. The van der Waals surface area contributed by atoms with Gasteiger partial charge in [0.2, 0.25) is 0 Å². The van der Waals surface area contributed by atoms with Crippen LogP contribution in [0.3, 0.4) is 0 Å². The lowest BCUT2D eigenvalue weighted by Gasteiger charge is -2.10. The van der Waals surface area contributed by atoms with E-state index in [4.69, 9.17) is 0 Å². The Kier molecular flexibility index (Phi) is 5.03. The number of ether oxygens (including phenoxy) is 1. The Morgan fingerprint density at radius 2 is 1.62 bits per heavy atom. The molecule has 1 aromatic rings. The standard InChI is InChI=1S/C15H11BrF6O2/c1-15(2)6(3-7(17)18)8(15)14(23)24-4-5-10(19)12(21)9(16)13(22)11(5)20/h3,6,8H,4H2,1-2H3/t6-,8+/m1/s1. The summed E-state index contributed by atoms with van der Waals surface area (Å²) in [5.74, 6) is -9.42. The number of halogens is 7. The van der Waals surface area contributed by atoms with E-state index < -0.39 is 69.2 Å². The smallest absolute Gasteiger partial charge is 0.310 e. The fraction of sp³-hybridized carbons (Fsp3) is 0.400. The Labute approximate surface area is 141 Å². The Hall–Kier alpha value is -1.51. The largest absolute Gasteiger partial charge is 0.460 e. The van der Waals surface area contributed by atoms with E-state index in [0.29, 0.717) is 6.08 Å². The molecule has 1 aliphatic rings. The summed E-state index contributed by atoms with van der Waals surface area (Å²) in [5.41, 5.74) is -1.91. The number of hydrogen-bond acceptors (Lipinski definition) is 2. The van der Waals surface area contributed by atoms with Crippen LogP contribution in [0, 0.1) is 40.5 Å². The SMILES string of the molecule is CC1(C)[C@H](C=C(F)F)[C@H]1C(=O)OCc1c(F)c(F)c(Br)c(F)c1F. The van der Waals surface area contributed by atoms with Crippen LogP contribution in [0.4, 0.5) is 26.3 Å². The van der Waals surface area contributed by atoms with Gasteiger partial charge in [-0.1, -0.05) is 13.8 Å². The highest BCUT2D eigenvalue weighted by Crippen LogP contribution is 2.60. The van der Waals surface area contributed by atoms with Crippen LogP contribution in [-0.2, 0) is 16.1 Å². The predicted molar refractivity (Wildman–Crippen MR) is 74.8 cm³/mol. The van der Waals surface area contributed by atoms with Gasteiger partial charge in [-0.25, -0.2) is 17.6 Å². The number of rotatable bonds is 4. The summed E-state index contributed by atoms with van der Waals surface area (Å²) < 4.78 is 82.4. The number of carbonyl (C=O) groups is 1. The fourth-order valence-corrected chi connectivity index (χ4v) is 2.93. The molecule has 1 aromatic carbocycles. The van der Waals surface area contributed by atoms with Crippen LogP contribution in [0.25, 0.3) is 0 Å². The van der Waals surface area contributed by atoms with Gasteiger partial charge in [0.05, 0.1) is 16.0 Å². The molecule has 1 fully saturated rings. The molecule has 1 saturated carbocycles. The molecule has 0 radical (unpaired) electrons. The first-order valence-electron chi connectivity index (χ1n) is 6.69. The van der Waals surface area contributed by atoms with Crippen molar-refractivity contribution in [2.45, 2.75) is 20.5 Å². The van der Waals surface area contributed by atoms with Crippen molar-refractivity contribution in [3.63, 3.8) is 0 Å². The van der Waals surface area contributed by atoms with Gasteiger partial charge in [-0.05, 0) is 27.4 Å². The highest BCUT2D eigenvalue weighted by atomic mass is 79.9. The molecule has 2 rings (SSSR count). The van der Waals surface area contributed by atoms with Crippen molar-refractivity contribution in [3.05, 3.63) is 45.5 Å². The van der Waals surface area contributed by atoms with Crippen molar-refractivity contribution in [2.75, 3.05) is 0 Å². The second kappa shape index (κ2) is 6.42. The van der Waals surface area contributed by atoms with Crippen LogP contribution >= 0.6 is 15.9 Å². The van der Waals surface area contributed by atoms with Gasteiger partial charge in [0.1, 0.15) is 6.61 Å². The first-order valence-corrected chi connectivity index (χ1v) is 7.49. The lowest BCUT2D eigenvalue weighted by atomic mass is 10.1. The molecule has 0 saturated heterocycles. The van der Waals surface area contributed by atoms with E-state index in [-0.39, 0.29) is 0 Å². The van der Waals surface area contributed by atoms with Gasteiger partial charge in [0.15, 0.2) is 23.3 Å². The van der Waals surface area contributed by atoms with Crippen LogP contribution in [0.5, 0.6) is 0 Å². The molecule has 24 heavy (non-hydrogen) atoms. The van der Waals surface area contributed by atoms with Crippen molar-refractivity contribution in [2.24, 2.45) is 17.3 Å².